The zero-order chi connectivity index (χ0) is 15.5. The van der Waals surface area contributed by atoms with Crippen molar-refractivity contribution in [2.75, 3.05) is 45.5 Å². The van der Waals surface area contributed by atoms with E-state index in [0.717, 1.165) is 6.41 Å². The van der Waals surface area contributed by atoms with Crippen LogP contribution >= 0.6 is 0 Å². The molecule has 0 spiro atoms. The van der Waals surface area contributed by atoms with E-state index >= 15 is 0 Å². The molecule has 9 heteroatoms. The number of hydrogen-bond donors (Lipinski definition) is 1. The third-order valence-electron chi connectivity index (χ3n) is 4.00. The van der Waals surface area contributed by atoms with Crippen LogP contribution in [0.15, 0.2) is 0 Å². The highest BCUT2D eigenvalue weighted by Crippen LogP contribution is 2.13. The number of piperazine rings is 1. The van der Waals surface area contributed by atoms with Crippen LogP contribution in [0.1, 0.15) is 12.8 Å². The Morgan fingerprint density at radius 2 is 1.67 bits per heavy atom. The van der Waals surface area contributed by atoms with Gasteiger partial charge >= 0.3 is 6.03 Å². The predicted octanol–water partition coefficient (Wildman–Crippen LogP) is -1.11. The summed E-state index contributed by atoms with van der Waals surface area (Å²) in [5.74, 6) is 0. The van der Waals surface area contributed by atoms with E-state index in [4.69, 9.17) is 0 Å². The van der Waals surface area contributed by atoms with Gasteiger partial charge in [0, 0.05) is 45.3 Å². The van der Waals surface area contributed by atoms with Crippen LogP contribution in [0.4, 0.5) is 4.79 Å². The molecule has 0 radical (unpaired) electrons. The van der Waals surface area contributed by atoms with Gasteiger partial charge in [0.25, 0.3) is 0 Å². The van der Waals surface area contributed by atoms with E-state index in [1.54, 1.807) is 9.80 Å². The molecule has 0 aliphatic carbocycles. The zero-order valence-electron chi connectivity index (χ0n) is 12.2. The summed E-state index contributed by atoms with van der Waals surface area (Å²) in [6.45, 7) is 3.08. The van der Waals surface area contributed by atoms with E-state index in [1.807, 2.05) is 0 Å². The lowest BCUT2D eigenvalue weighted by atomic mass is 10.1. The number of nitrogens with one attached hydrogen (secondary N) is 1. The number of rotatable bonds is 3. The lowest BCUT2D eigenvalue weighted by molar-refractivity contribution is -0.119. The second-order valence-corrected chi connectivity index (χ2v) is 7.50. The maximum atomic E-state index is 12.1. The summed E-state index contributed by atoms with van der Waals surface area (Å²) in [5.41, 5.74) is 0. The van der Waals surface area contributed by atoms with Crippen molar-refractivity contribution in [1.29, 1.82) is 0 Å². The second-order valence-electron chi connectivity index (χ2n) is 5.51. The number of sulfonamides is 1. The number of piperidine rings is 1. The van der Waals surface area contributed by atoms with Crippen LogP contribution in [0.3, 0.4) is 0 Å². The fourth-order valence-electron chi connectivity index (χ4n) is 2.63. The maximum Gasteiger partial charge on any atom is 0.317 e. The van der Waals surface area contributed by atoms with Crippen LogP contribution in [0.5, 0.6) is 0 Å². The van der Waals surface area contributed by atoms with Crippen molar-refractivity contribution >= 4 is 22.5 Å². The standard InChI is InChI=1S/C12H22N4O4S/c1-21(19,20)16-4-2-11(3-5-16)13-12(18)15-8-6-14(10-17)7-9-15/h10-11H,2-9H2,1H3,(H,13,18). The molecular formula is C12H22N4O4S. The Kier molecular flexibility index (Phi) is 5.04. The second kappa shape index (κ2) is 6.61. The van der Waals surface area contributed by atoms with Crippen molar-refractivity contribution in [3.8, 4) is 0 Å². The first kappa shape index (κ1) is 16.0. The molecule has 2 aliphatic rings. The molecule has 3 amide bonds. The molecular weight excluding hydrogens is 296 g/mol. The monoisotopic (exact) mass is 318 g/mol. The van der Waals surface area contributed by atoms with Crippen molar-refractivity contribution in [2.24, 2.45) is 0 Å². The van der Waals surface area contributed by atoms with Gasteiger partial charge in [-0.2, -0.15) is 0 Å². The molecule has 0 aromatic carbocycles. The van der Waals surface area contributed by atoms with Gasteiger partial charge in [-0.25, -0.2) is 17.5 Å². The molecule has 0 unspecified atom stereocenters. The van der Waals surface area contributed by atoms with E-state index in [2.05, 4.69) is 5.32 Å². The van der Waals surface area contributed by atoms with Crippen LogP contribution in [0.25, 0.3) is 0 Å². The number of urea groups is 1. The summed E-state index contributed by atoms with van der Waals surface area (Å²) < 4.78 is 24.3. The normalized spacial score (nSPS) is 22.1. The van der Waals surface area contributed by atoms with E-state index < -0.39 is 10.0 Å². The average Bonchev–Trinajstić information content (AvgIpc) is 2.47. The highest BCUT2D eigenvalue weighted by Gasteiger charge is 2.27. The first-order valence-electron chi connectivity index (χ1n) is 7.10. The van der Waals surface area contributed by atoms with Gasteiger partial charge in [0.15, 0.2) is 0 Å². The van der Waals surface area contributed by atoms with Gasteiger partial charge in [0.05, 0.1) is 6.26 Å². The van der Waals surface area contributed by atoms with Crippen LogP contribution in [0.2, 0.25) is 0 Å². The molecule has 21 heavy (non-hydrogen) atoms. The van der Waals surface area contributed by atoms with E-state index in [-0.39, 0.29) is 12.1 Å². The molecule has 0 saturated carbocycles. The van der Waals surface area contributed by atoms with Gasteiger partial charge in [0.1, 0.15) is 0 Å². The van der Waals surface area contributed by atoms with Gasteiger partial charge in [-0.3, -0.25) is 4.79 Å². The van der Waals surface area contributed by atoms with Crippen LogP contribution < -0.4 is 5.32 Å². The number of hydrogen-bond acceptors (Lipinski definition) is 4. The summed E-state index contributed by atoms with van der Waals surface area (Å²) in [6, 6.07) is -0.113. The Hall–Kier alpha value is -1.35. The Balaban J connectivity index is 1.76. The molecule has 8 nitrogen and oxygen atoms in total. The largest absolute Gasteiger partial charge is 0.342 e. The van der Waals surface area contributed by atoms with Gasteiger partial charge in [-0.15, -0.1) is 0 Å². The number of carbonyl (C=O) groups is 2. The van der Waals surface area contributed by atoms with Crippen molar-refractivity contribution in [2.45, 2.75) is 18.9 Å². The van der Waals surface area contributed by atoms with Crippen molar-refractivity contribution < 1.29 is 18.0 Å². The van der Waals surface area contributed by atoms with Gasteiger partial charge in [-0.1, -0.05) is 0 Å². The summed E-state index contributed by atoms with van der Waals surface area (Å²) >= 11 is 0. The molecule has 2 aliphatic heterocycles. The van der Waals surface area contributed by atoms with E-state index in [1.165, 1.54) is 10.6 Å². The van der Waals surface area contributed by atoms with Gasteiger partial charge in [0.2, 0.25) is 16.4 Å². The smallest absolute Gasteiger partial charge is 0.317 e. The third-order valence-corrected chi connectivity index (χ3v) is 5.30. The minimum Gasteiger partial charge on any atom is -0.342 e. The van der Waals surface area contributed by atoms with Crippen LogP contribution in [0, 0.1) is 0 Å². The number of nitrogens with zero attached hydrogens (tertiary/aromatic N) is 3. The number of amides is 3. The minimum atomic E-state index is -3.14. The SMILES string of the molecule is CS(=O)(=O)N1CCC(NC(=O)N2CCN(C=O)CC2)CC1. The highest BCUT2D eigenvalue weighted by atomic mass is 32.2. The molecule has 0 bridgehead atoms. The lowest BCUT2D eigenvalue weighted by Crippen LogP contribution is -2.54. The molecule has 0 aromatic rings. The summed E-state index contributed by atoms with van der Waals surface area (Å²) in [4.78, 5) is 26.1. The quantitative estimate of drug-likeness (QED) is 0.669. The van der Waals surface area contributed by atoms with Gasteiger partial charge in [-0.05, 0) is 12.8 Å². The summed E-state index contributed by atoms with van der Waals surface area (Å²) in [6.07, 6.45) is 3.27. The third kappa shape index (κ3) is 4.31. The van der Waals surface area contributed by atoms with Crippen molar-refractivity contribution in [3.05, 3.63) is 0 Å². The minimum absolute atomic E-state index is 0.0135. The molecule has 2 fully saturated rings. The van der Waals surface area contributed by atoms with Crippen LogP contribution in [-0.4, -0.2) is 86.5 Å². The zero-order valence-corrected chi connectivity index (χ0v) is 13.0. The van der Waals surface area contributed by atoms with Crippen molar-refractivity contribution in [1.82, 2.24) is 19.4 Å². The predicted molar refractivity (Wildman–Crippen MR) is 77.2 cm³/mol. The molecule has 2 heterocycles. The Bertz CT molecular complexity index is 479. The maximum absolute atomic E-state index is 12.1. The first-order chi connectivity index (χ1) is 9.90. The summed E-state index contributed by atoms with van der Waals surface area (Å²) in [5, 5.41) is 2.95. The summed E-state index contributed by atoms with van der Waals surface area (Å²) in [7, 11) is -3.14. The molecule has 2 rings (SSSR count). The molecule has 2 saturated heterocycles. The molecule has 0 atom stereocenters. The van der Waals surface area contributed by atoms with Crippen molar-refractivity contribution in [3.63, 3.8) is 0 Å². The molecule has 1 N–H and O–H groups in total. The Labute approximate surface area is 125 Å². The van der Waals surface area contributed by atoms with E-state index in [9.17, 15) is 18.0 Å². The Morgan fingerprint density at radius 3 is 2.14 bits per heavy atom. The van der Waals surface area contributed by atoms with E-state index in [0.29, 0.717) is 52.1 Å². The van der Waals surface area contributed by atoms with Gasteiger partial charge < -0.3 is 15.1 Å². The fourth-order valence-corrected chi connectivity index (χ4v) is 3.50. The fraction of sp³-hybridized carbons (Fsp3) is 0.833. The lowest BCUT2D eigenvalue weighted by Gasteiger charge is -2.35. The topological polar surface area (TPSA) is 90.0 Å². The van der Waals surface area contributed by atoms with Crippen LogP contribution in [-0.2, 0) is 14.8 Å². The molecule has 0 aromatic heterocycles. The Morgan fingerprint density at radius 1 is 1.10 bits per heavy atom. The highest BCUT2D eigenvalue weighted by molar-refractivity contribution is 7.88. The first-order valence-corrected chi connectivity index (χ1v) is 8.95. The average molecular weight is 318 g/mol. The molecule has 120 valence electrons. The number of carbonyl (C=O) groups excluding carboxylic acids is 2.